The molecule has 2 aromatic rings. The first-order chi connectivity index (χ1) is 11.6. The SMILES string of the molecule is CC1CC(=O)NN=C1c1ccc(N/N=C/c2cccc(O)c2)cc1. The van der Waals surface area contributed by atoms with Crippen molar-refractivity contribution in [1.29, 1.82) is 0 Å². The molecule has 0 aromatic heterocycles. The molecule has 0 spiro atoms. The molecule has 2 aromatic carbocycles. The summed E-state index contributed by atoms with van der Waals surface area (Å²) in [6.07, 6.45) is 2.09. The zero-order valence-electron chi connectivity index (χ0n) is 13.2. The van der Waals surface area contributed by atoms with Gasteiger partial charge in [-0.15, -0.1) is 0 Å². The number of rotatable bonds is 4. The molecule has 0 saturated carbocycles. The first kappa shape index (κ1) is 15.7. The van der Waals surface area contributed by atoms with Crippen LogP contribution in [0.15, 0.2) is 58.7 Å². The topological polar surface area (TPSA) is 86.1 Å². The number of phenolic OH excluding ortho intramolecular Hbond substituents is 1. The molecule has 0 bridgehead atoms. The summed E-state index contributed by atoms with van der Waals surface area (Å²) in [6, 6.07) is 14.5. The molecule has 1 unspecified atom stereocenters. The lowest BCUT2D eigenvalue weighted by molar-refractivity contribution is -0.121. The lowest BCUT2D eigenvalue weighted by Gasteiger charge is -2.19. The van der Waals surface area contributed by atoms with E-state index >= 15 is 0 Å². The van der Waals surface area contributed by atoms with Crippen LogP contribution in [0.2, 0.25) is 0 Å². The lowest BCUT2D eigenvalue weighted by Crippen LogP contribution is -2.31. The Morgan fingerprint density at radius 3 is 2.79 bits per heavy atom. The van der Waals surface area contributed by atoms with Crippen molar-refractivity contribution < 1.29 is 9.90 Å². The second-order valence-electron chi connectivity index (χ2n) is 5.68. The number of amides is 1. The van der Waals surface area contributed by atoms with Crippen molar-refractivity contribution in [3.8, 4) is 5.75 Å². The van der Waals surface area contributed by atoms with Crippen molar-refractivity contribution in [2.24, 2.45) is 16.1 Å². The van der Waals surface area contributed by atoms with Gasteiger partial charge in [-0.25, -0.2) is 5.43 Å². The van der Waals surface area contributed by atoms with E-state index in [-0.39, 0.29) is 17.6 Å². The smallest absolute Gasteiger partial charge is 0.240 e. The maximum Gasteiger partial charge on any atom is 0.240 e. The number of nitrogens with one attached hydrogen (secondary N) is 2. The number of aromatic hydroxyl groups is 1. The molecule has 0 fully saturated rings. The Morgan fingerprint density at radius 1 is 1.29 bits per heavy atom. The van der Waals surface area contributed by atoms with Gasteiger partial charge in [-0.3, -0.25) is 10.2 Å². The molecule has 3 rings (SSSR count). The summed E-state index contributed by atoms with van der Waals surface area (Å²) < 4.78 is 0. The number of benzene rings is 2. The van der Waals surface area contributed by atoms with E-state index in [1.54, 1.807) is 24.4 Å². The fourth-order valence-electron chi connectivity index (χ4n) is 2.50. The number of phenols is 1. The molecular weight excluding hydrogens is 304 g/mol. The molecule has 3 N–H and O–H groups in total. The van der Waals surface area contributed by atoms with Crippen LogP contribution in [0.3, 0.4) is 0 Å². The van der Waals surface area contributed by atoms with Gasteiger partial charge in [0.25, 0.3) is 0 Å². The summed E-state index contributed by atoms with van der Waals surface area (Å²) >= 11 is 0. The first-order valence-corrected chi connectivity index (χ1v) is 7.67. The van der Waals surface area contributed by atoms with Crippen molar-refractivity contribution in [1.82, 2.24) is 5.43 Å². The molecule has 1 aliphatic heterocycles. The van der Waals surface area contributed by atoms with Gasteiger partial charge in [-0.1, -0.05) is 31.2 Å². The molecule has 1 aliphatic rings. The normalized spacial score (nSPS) is 17.5. The second kappa shape index (κ2) is 6.95. The number of nitrogens with zero attached hydrogens (tertiary/aromatic N) is 2. The number of anilines is 1. The maximum absolute atomic E-state index is 11.3. The Morgan fingerprint density at radius 2 is 2.08 bits per heavy atom. The molecule has 6 heteroatoms. The van der Waals surface area contributed by atoms with Crippen molar-refractivity contribution in [2.75, 3.05) is 5.43 Å². The van der Waals surface area contributed by atoms with Crippen molar-refractivity contribution >= 4 is 23.5 Å². The van der Waals surface area contributed by atoms with Gasteiger partial charge >= 0.3 is 0 Å². The van der Waals surface area contributed by atoms with Crippen LogP contribution in [0.1, 0.15) is 24.5 Å². The Labute approximate surface area is 139 Å². The highest BCUT2D eigenvalue weighted by molar-refractivity contribution is 6.05. The van der Waals surface area contributed by atoms with E-state index in [9.17, 15) is 9.90 Å². The Hall–Kier alpha value is -3.15. The molecule has 6 nitrogen and oxygen atoms in total. The molecule has 1 amide bonds. The summed E-state index contributed by atoms with van der Waals surface area (Å²) in [7, 11) is 0. The summed E-state index contributed by atoms with van der Waals surface area (Å²) in [5.41, 5.74) is 8.96. The minimum absolute atomic E-state index is 0.0502. The van der Waals surface area contributed by atoms with Crippen LogP contribution in [0.25, 0.3) is 0 Å². The highest BCUT2D eigenvalue weighted by Crippen LogP contribution is 2.18. The monoisotopic (exact) mass is 322 g/mol. The number of hydrogen-bond donors (Lipinski definition) is 3. The van der Waals surface area contributed by atoms with Gasteiger partial charge < -0.3 is 5.11 Å². The van der Waals surface area contributed by atoms with Crippen LogP contribution in [-0.2, 0) is 4.79 Å². The number of hydrazone groups is 2. The fraction of sp³-hybridized carbons (Fsp3) is 0.167. The van der Waals surface area contributed by atoms with E-state index in [4.69, 9.17) is 0 Å². The van der Waals surface area contributed by atoms with E-state index in [0.29, 0.717) is 6.42 Å². The maximum atomic E-state index is 11.3. The van der Waals surface area contributed by atoms with Gasteiger partial charge in [0.15, 0.2) is 0 Å². The largest absolute Gasteiger partial charge is 0.508 e. The molecule has 0 aliphatic carbocycles. The molecule has 24 heavy (non-hydrogen) atoms. The predicted octanol–water partition coefficient (Wildman–Crippen LogP) is 2.70. The van der Waals surface area contributed by atoms with Gasteiger partial charge in [0.2, 0.25) is 5.91 Å². The highest BCUT2D eigenvalue weighted by Gasteiger charge is 2.21. The van der Waals surface area contributed by atoms with Crippen molar-refractivity contribution in [2.45, 2.75) is 13.3 Å². The van der Waals surface area contributed by atoms with Gasteiger partial charge in [0, 0.05) is 12.3 Å². The number of carbonyl (C=O) groups is 1. The standard InChI is InChI=1S/C18H18N4O2/c1-12-9-17(24)21-22-18(12)14-5-7-15(8-6-14)20-19-11-13-3-2-4-16(23)10-13/h2-8,10-12,20,23H,9H2,1H3,(H,21,24)/b19-11+. The summed E-state index contributed by atoms with van der Waals surface area (Å²) in [5.74, 6) is 0.255. The number of hydrogen-bond acceptors (Lipinski definition) is 5. The van der Waals surface area contributed by atoms with Crippen LogP contribution in [0.5, 0.6) is 5.75 Å². The van der Waals surface area contributed by atoms with E-state index < -0.39 is 0 Å². The van der Waals surface area contributed by atoms with Crippen LogP contribution in [0, 0.1) is 5.92 Å². The highest BCUT2D eigenvalue weighted by atomic mass is 16.3. The Bertz CT molecular complexity index is 797. The van der Waals surface area contributed by atoms with Gasteiger partial charge in [-0.05, 0) is 35.4 Å². The third kappa shape index (κ3) is 3.78. The third-order valence-corrected chi connectivity index (χ3v) is 3.72. The predicted molar refractivity (Wildman–Crippen MR) is 94.2 cm³/mol. The summed E-state index contributed by atoms with van der Waals surface area (Å²) in [6.45, 7) is 1.99. The van der Waals surface area contributed by atoms with Crippen molar-refractivity contribution in [3.05, 3.63) is 59.7 Å². The molecule has 1 heterocycles. The Kier molecular flexibility index (Phi) is 4.56. The fourth-order valence-corrected chi connectivity index (χ4v) is 2.50. The van der Waals surface area contributed by atoms with E-state index in [1.807, 2.05) is 37.3 Å². The van der Waals surface area contributed by atoms with Gasteiger partial charge in [0.05, 0.1) is 17.6 Å². The quantitative estimate of drug-likeness (QED) is 0.597. The van der Waals surface area contributed by atoms with E-state index in [2.05, 4.69) is 21.1 Å². The van der Waals surface area contributed by atoms with E-state index in [0.717, 1.165) is 22.5 Å². The molecule has 0 radical (unpaired) electrons. The average molecular weight is 322 g/mol. The average Bonchev–Trinajstić information content (AvgIpc) is 2.56. The minimum Gasteiger partial charge on any atom is -0.508 e. The van der Waals surface area contributed by atoms with E-state index in [1.165, 1.54) is 0 Å². The van der Waals surface area contributed by atoms with Crippen LogP contribution >= 0.6 is 0 Å². The summed E-state index contributed by atoms with van der Waals surface area (Å²) in [4.78, 5) is 11.3. The van der Waals surface area contributed by atoms with Gasteiger partial charge in [-0.2, -0.15) is 10.2 Å². The van der Waals surface area contributed by atoms with Crippen molar-refractivity contribution in [3.63, 3.8) is 0 Å². The van der Waals surface area contributed by atoms with Gasteiger partial charge in [0.1, 0.15) is 5.75 Å². The molecular formula is C18H18N4O2. The second-order valence-corrected chi connectivity index (χ2v) is 5.68. The van der Waals surface area contributed by atoms with Crippen LogP contribution < -0.4 is 10.9 Å². The zero-order valence-corrected chi connectivity index (χ0v) is 13.2. The molecule has 0 saturated heterocycles. The molecule has 122 valence electrons. The van der Waals surface area contributed by atoms with Crippen LogP contribution in [0.4, 0.5) is 5.69 Å². The molecule has 1 atom stereocenters. The minimum atomic E-state index is -0.0502. The zero-order chi connectivity index (χ0) is 16.9. The number of carbonyl (C=O) groups excluding carboxylic acids is 1. The third-order valence-electron chi connectivity index (χ3n) is 3.72. The first-order valence-electron chi connectivity index (χ1n) is 7.67. The Balaban J connectivity index is 1.66. The summed E-state index contributed by atoms with van der Waals surface area (Å²) in [5, 5.41) is 17.7. The van der Waals surface area contributed by atoms with Crippen LogP contribution in [-0.4, -0.2) is 22.9 Å². The lowest BCUT2D eigenvalue weighted by atomic mass is 9.94.